The topological polar surface area (TPSA) is 65.5 Å². The van der Waals surface area contributed by atoms with Gasteiger partial charge in [0, 0.05) is 5.69 Å². The zero-order valence-electron chi connectivity index (χ0n) is 11.2. The maximum Gasteiger partial charge on any atom is 0.347 e. The number of halogens is 1. The van der Waals surface area contributed by atoms with Gasteiger partial charge in [0.15, 0.2) is 0 Å². The van der Waals surface area contributed by atoms with E-state index in [2.05, 4.69) is 0 Å². The fourth-order valence-corrected chi connectivity index (χ4v) is 2.27. The molecule has 106 valence electrons. The first-order valence-electron chi connectivity index (χ1n) is 6.26. The van der Waals surface area contributed by atoms with Gasteiger partial charge in [-0.05, 0) is 35.9 Å². The smallest absolute Gasteiger partial charge is 0.347 e. The van der Waals surface area contributed by atoms with Gasteiger partial charge in [-0.15, -0.1) is 0 Å². The van der Waals surface area contributed by atoms with Crippen LogP contribution in [0.5, 0.6) is 5.75 Å². The van der Waals surface area contributed by atoms with E-state index in [1.807, 2.05) is 0 Å². The number of nitrogen functional groups attached to an aromatic ring is 1. The molecule has 3 rings (SSSR count). The third kappa shape index (κ3) is 2.23. The minimum atomic E-state index is -0.546. The van der Waals surface area contributed by atoms with Crippen molar-refractivity contribution in [2.45, 2.75) is 0 Å². The molecule has 0 aliphatic carbocycles. The van der Waals surface area contributed by atoms with Crippen LogP contribution in [0, 0.1) is 5.82 Å². The molecule has 0 spiro atoms. The van der Waals surface area contributed by atoms with E-state index in [1.165, 1.54) is 31.4 Å². The predicted molar refractivity (Wildman–Crippen MR) is 78.8 cm³/mol. The van der Waals surface area contributed by atoms with Crippen molar-refractivity contribution >= 4 is 16.7 Å². The van der Waals surface area contributed by atoms with E-state index in [0.29, 0.717) is 28.0 Å². The van der Waals surface area contributed by atoms with Crippen molar-refractivity contribution in [3.63, 3.8) is 0 Å². The van der Waals surface area contributed by atoms with E-state index in [0.717, 1.165) is 0 Å². The third-order valence-corrected chi connectivity index (χ3v) is 3.22. The van der Waals surface area contributed by atoms with E-state index in [1.54, 1.807) is 18.2 Å². The Hall–Kier alpha value is -2.82. The van der Waals surface area contributed by atoms with Gasteiger partial charge in [-0.1, -0.05) is 12.1 Å². The predicted octanol–water partition coefficient (Wildman–Crippen LogP) is 3.19. The van der Waals surface area contributed by atoms with Gasteiger partial charge in [0.1, 0.15) is 22.7 Å². The number of ether oxygens (including phenoxy) is 1. The Morgan fingerprint density at radius 3 is 2.52 bits per heavy atom. The Kier molecular flexibility index (Phi) is 3.10. The highest BCUT2D eigenvalue weighted by Crippen LogP contribution is 2.34. The van der Waals surface area contributed by atoms with Crippen molar-refractivity contribution in [2.24, 2.45) is 0 Å². The van der Waals surface area contributed by atoms with Crippen molar-refractivity contribution < 1.29 is 13.5 Å². The molecule has 0 saturated carbocycles. The fourth-order valence-electron chi connectivity index (χ4n) is 2.27. The van der Waals surface area contributed by atoms with Gasteiger partial charge < -0.3 is 14.9 Å². The summed E-state index contributed by atoms with van der Waals surface area (Å²) in [5.74, 6) is -0.0210. The summed E-state index contributed by atoms with van der Waals surface area (Å²) in [6.45, 7) is 0. The second-order valence-electron chi connectivity index (χ2n) is 4.56. The maximum absolute atomic E-state index is 13.0. The maximum atomic E-state index is 13.0. The van der Waals surface area contributed by atoms with Gasteiger partial charge in [-0.2, -0.15) is 0 Å². The molecule has 0 aliphatic heterocycles. The minimum Gasteiger partial charge on any atom is -0.495 e. The number of anilines is 1. The first-order chi connectivity index (χ1) is 10.1. The Morgan fingerprint density at radius 2 is 1.86 bits per heavy atom. The van der Waals surface area contributed by atoms with E-state index in [-0.39, 0.29) is 11.4 Å². The summed E-state index contributed by atoms with van der Waals surface area (Å²) in [7, 11) is 1.46. The number of methoxy groups -OCH3 is 1. The van der Waals surface area contributed by atoms with Crippen LogP contribution in [0.1, 0.15) is 0 Å². The highest BCUT2D eigenvalue weighted by atomic mass is 19.1. The van der Waals surface area contributed by atoms with Crippen LogP contribution in [0.3, 0.4) is 0 Å². The van der Waals surface area contributed by atoms with Crippen LogP contribution < -0.4 is 16.1 Å². The second kappa shape index (κ2) is 4.94. The highest BCUT2D eigenvalue weighted by molar-refractivity contribution is 5.92. The minimum absolute atomic E-state index is 0.246. The Balaban J connectivity index is 2.38. The second-order valence-corrected chi connectivity index (χ2v) is 4.56. The molecular weight excluding hydrogens is 273 g/mol. The fraction of sp³-hybridized carbons (Fsp3) is 0.0625. The number of hydrogen-bond acceptors (Lipinski definition) is 4. The largest absolute Gasteiger partial charge is 0.495 e. The molecule has 2 N–H and O–H groups in total. The summed E-state index contributed by atoms with van der Waals surface area (Å²) in [6, 6.07) is 10.5. The lowest BCUT2D eigenvalue weighted by molar-refractivity contribution is 0.415. The quantitative estimate of drug-likeness (QED) is 0.580. The summed E-state index contributed by atoms with van der Waals surface area (Å²) in [5, 5.41) is 0.594. The standard InChI is InChI=1S/C16H12FNO3/c1-20-15-12-8-11(18)6-7-13(12)21-16(19)14(15)9-2-4-10(17)5-3-9/h2-8H,18H2,1H3. The molecule has 0 aliphatic rings. The number of benzene rings is 2. The molecule has 1 heterocycles. The summed E-state index contributed by atoms with van der Waals surface area (Å²) in [6.07, 6.45) is 0. The summed E-state index contributed by atoms with van der Waals surface area (Å²) >= 11 is 0. The van der Waals surface area contributed by atoms with Crippen molar-refractivity contribution in [1.82, 2.24) is 0 Å². The lowest BCUT2D eigenvalue weighted by atomic mass is 10.0. The van der Waals surface area contributed by atoms with E-state index in [9.17, 15) is 9.18 Å². The number of nitrogens with two attached hydrogens (primary N) is 1. The molecule has 0 atom stereocenters. The average Bonchev–Trinajstić information content (AvgIpc) is 2.47. The van der Waals surface area contributed by atoms with E-state index in [4.69, 9.17) is 14.9 Å². The normalized spacial score (nSPS) is 10.8. The van der Waals surface area contributed by atoms with E-state index >= 15 is 0 Å². The molecular formula is C16H12FNO3. The molecule has 2 aromatic carbocycles. The Labute approximate surface area is 119 Å². The van der Waals surface area contributed by atoms with Gasteiger partial charge in [0.05, 0.1) is 12.5 Å². The van der Waals surface area contributed by atoms with Gasteiger partial charge in [0.25, 0.3) is 0 Å². The molecule has 0 saturated heterocycles. The number of rotatable bonds is 2. The molecule has 4 nitrogen and oxygen atoms in total. The zero-order chi connectivity index (χ0) is 15.0. The molecule has 1 aromatic heterocycles. The van der Waals surface area contributed by atoms with Crippen molar-refractivity contribution in [2.75, 3.05) is 12.8 Å². The zero-order valence-corrected chi connectivity index (χ0v) is 11.2. The molecule has 0 radical (unpaired) electrons. The molecule has 0 bridgehead atoms. The van der Waals surface area contributed by atoms with Crippen LogP contribution in [-0.2, 0) is 0 Å². The SMILES string of the molecule is COc1c(-c2ccc(F)cc2)c(=O)oc2ccc(N)cc12. The van der Waals surface area contributed by atoms with Gasteiger partial charge in [-0.3, -0.25) is 0 Å². The lowest BCUT2D eigenvalue weighted by Gasteiger charge is -2.10. The van der Waals surface area contributed by atoms with E-state index < -0.39 is 5.63 Å². The molecule has 0 amide bonds. The summed E-state index contributed by atoms with van der Waals surface area (Å²) in [5.41, 5.74) is 6.90. The Bertz CT molecular complexity index is 869. The highest BCUT2D eigenvalue weighted by Gasteiger charge is 2.17. The molecule has 0 unspecified atom stereocenters. The van der Waals surface area contributed by atoms with Crippen molar-refractivity contribution in [1.29, 1.82) is 0 Å². The summed E-state index contributed by atoms with van der Waals surface area (Å²) < 4.78 is 23.7. The first-order valence-corrected chi connectivity index (χ1v) is 6.26. The third-order valence-electron chi connectivity index (χ3n) is 3.22. The van der Waals surface area contributed by atoms with Crippen LogP contribution >= 0.6 is 0 Å². The number of fused-ring (bicyclic) bond motifs is 1. The van der Waals surface area contributed by atoms with Crippen molar-refractivity contribution in [3.05, 3.63) is 58.7 Å². The molecule has 3 aromatic rings. The molecule has 0 fully saturated rings. The molecule has 5 heteroatoms. The summed E-state index contributed by atoms with van der Waals surface area (Å²) in [4.78, 5) is 12.2. The average molecular weight is 285 g/mol. The van der Waals surface area contributed by atoms with Crippen molar-refractivity contribution in [3.8, 4) is 16.9 Å². The Morgan fingerprint density at radius 1 is 1.14 bits per heavy atom. The lowest BCUT2D eigenvalue weighted by Crippen LogP contribution is -2.06. The van der Waals surface area contributed by atoms with Crippen LogP contribution in [0.15, 0.2) is 51.7 Å². The van der Waals surface area contributed by atoms with Crippen LogP contribution in [0.4, 0.5) is 10.1 Å². The monoisotopic (exact) mass is 285 g/mol. The molecule has 21 heavy (non-hydrogen) atoms. The first kappa shape index (κ1) is 13.2. The van der Waals surface area contributed by atoms with Crippen LogP contribution in [-0.4, -0.2) is 7.11 Å². The number of hydrogen-bond donors (Lipinski definition) is 1. The van der Waals surface area contributed by atoms with Gasteiger partial charge in [0.2, 0.25) is 0 Å². The van der Waals surface area contributed by atoms with Gasteiger partial charge >= 0.3 is 5.63 Å². The van der Waals surface area contributed by atoms with Crippen LogP contribution in [0.25, 0.3) is 22.1 Å². The van der Waals surface area contributed by atoms with Crippen LogP contribution in [0.2, 0.25) is 0 Å². The van der Waals surface area contributed by atoms with Gasteiger partial charge in [-0.25, -0.2) is 9.18 Å².